The van der Waals surface area contributed by atoms with E-state index < -0.39 is 5.92 Å². The molecule has 0 fully saturated rings. The number of Topliss-reactive ketones (excluding diaryl/α,β-unsaturated/α-hetero) is 2. The molecule has 0 saturated heterocycles. The fraction of sp³-hybridized carbons (Fsp3) is 0.438. The van der Waals surface area contributed by atoms with Crippen LogP contribution in [0.15, 0.2) is 57.5 Å². The third kappa shape index (κ3) is 5.73. The van der Waals surface area contributed by atoms with Gasteiger partial charge in [0.2, 0.25) is 0 Å². The molecular formula is C32H33BrCl2O5. The van der Waals surface area contributed by atoms with Crippen LogP contribution in [0.4, 0.5) is 0 Å². The number of halogens is 3. The van der Waals surface area contributed by atoms with Gasteiger partial charge in [0.15, 0.2) is 23.1 Å². The van der Waals surface area contributed by atoms with E-state index in [0.29, 0.717) is 81.0 Å². The summed E-state index contributed by atoms with van der Waals surface area (Å²) in [5, 5.41) is 1.06. The Labute approximate surface area is 254 Å². The van der Waals surface area contributed by atoms with Crippen molar-refractivity contribution in [2.45, 2.75) is 72.8 Å². The number of carbonyl (C=O) groups excluding carboxylic acids is 2. The molecule has 1 aliphatic heterocycles. The van der Waals surface area contributed by atoms with E-state index in [0.717, 1.165) is 11.1 Å². The zero-order chi connectivity index (χ0) is 29.0. The molecule has 212 valence electrons. The Morgan fingerprint density at radius 1 is 0.900 bits per heavy atom. The number of allylic oxidation sites excluding steroid dienone is 4. The average Bonchev–Trinajstić information content (AvgIpc) is 2.81. The molecule has 3 aliphatic rings. The Morgan fingerprint density at radius 3 is 2.05 bits per heavy atom. The summed E-state index contributed by atoms with van der Waals surface area (Å²) >= 11 is 16.1. The average molecular weight is 648 g/mol. The lowest BCUT2D eigenvalue weighted by Crippen LogP contribution is -2.37. The summed E-state index contributed by atoms with van der Waals surface area (Å²) in [4.78, 5) is 27.3. The van der Waals surface area contributed by atoms with E-state index in [9.17, 15) is 9.59 Å². The molecular weight excluding hydrogens is 615 g/mol. The van der Waals surface area contributed by atoms with Crippen molar-refractivity contribution in [1.82, 2.24) is 0 Å². The SMILES string of the molecule is CCOc1cc(C2C3=C(CC(C)(C)CC3=O)OC3=C2C(=O)CC(C)(C)C3)cc(Br)c1OCc1ccc(Cl)cc1Cl. The van der Waals surface area contributed by atoms with E-state index in [1.54, 1.807) is 12.1 Å². The topological polar surface area (TPSA) is 61.8 Å². The lowest BCUT2D eigenvalue weighted by atomic mass is 9.65. The number of ether oxygens (including phenoxy) is 3. The second kappa shape index (κ2) is 10.8. The minimum Gasteiger partial charge on any atom is -0.490 e. The lowest BCUT2D eigenvalue weighted by Gasteiger charge is -2.42. The Balaban J connectivity index is 1.61. The highest BCUT2D eigenvalue weighted by Crippen LogP contribution is 2.54. The molecule has 0 amide bonds. The third-order valence-corrected chi connectivity index (χ3v) is 8.81. The molecule has 0 bridgehead atoms. The number of hydrogen-bond donors (Lipinski definition) is 0. The van der Waals surface area contributed by atoms with E-state index in [1.165, 1.54) is 0 Å². The van der Waals surface area contributed by atoms with E-state index in [2.05, 4.69) is 43.6 Å². The molecule has 0 atom stereocenters. The fourth-order valence-corrected chi connectivity index (χ4v) is 6.99. The molecule has 0 saturated carbocycles. The Kier molecular flexibility index (Phi) is 7.92. The predicted molar refractivity (Wildman–Crippen MR) is 160 cm³/mol. The molecule has 0 unspecified atom stereocenters. The van der Waals surface area contributed by atoms with Gasteiger partial charge in [-0.2, -0.15) is 0 Å². The number of benzene rings is 2. The van der Waals surface area contributed by atoms with Crippen LogP contribution in [0.5, 0.6) is 11.5 Å². The van der Waals surface area contributed by atoms with Gasteiger partial charge in [-0.1, -0.05) is 57.0 Å². The normalized spacial score (nSPS) is 20.2. The van der Waals surface area contributed by atoms with E-state index in [1.807, 2.05) is 25.1 Å². The second-order valence-corrected chi connectivity index (χ2v) is 14.1. The van der Waals surface area contributed by atoms with Crippen molar-refractivity contribution in [3.8, 4) is 11.5 Å². The first-order chi connectivity index (χ1) is 18.8. The van der Waals surface area contributed by atoms with Crippen molar-refractivity contribution < 1.29 is 23.8 Å². The van der Waals surface area contributed by atoms with Crippen LogP contribution in [0.25, 0.3) is 0 Å². The number of rotatable bonds is 6. The highest BCUT2D eigenvalue weighted by atomic mass is 79.9. The van der Waals surface area contributed by atoms with Crippen LogP contribution >= 0.6 is 39.1 Å². The van der Waals surface area contributed by atoms with E-state index in [-0.39, 0.29) is 29.0 Å². The maximum atomic E-state index is 13.7. The first kappa shape index (κ1) is 29.2. The van der Waals surface area contributed by atoms with Gasteiger partial charge in [-0.3, -0.25) is 9.59 Å². The molecule has 40 heavy (non-hydrogen) atoms. The van der Waals surface area contributed by atoms with Crippen molar-refractivity contribution in [2.24, 2.45) is 10.8 Å². The summed E-state index contributed by atoms with van der Waals surface area (Å²) in [6.07, 6.45) is 2.07. The van der Waals surface area contributed by atoms with Crippen molar-refractivity contribution in [3.05, 3.63) is 78.6 Å². The highest BCUT2D eigenvalue weighted by molar-refractivity contribution is 9.10. The van der Waals surface area contributed by atoms with Crippen LogP contribution in [0.1, 0.15) is 77.3 Å². The molecule has 0 radical (unpaired) electrons. The van der Waals surface area contributed by atoms with Gasteiger partial charge in [0.05, 0.1) is 11.1 Å². The van der Waals surface area contributed by atoms with Crippen LogP contribution in [0.3, 0.4) is 0 Å². The van der Waals surface area contributed by atoms with Gasteiger partial charge in [-0.05, 0) is 63.5 Å². The van der Waals surface area contributed by atoms with Crippen LogP contribution < -0.4 is 9.47 Å². The summed E-state index contributed by atoms with van der Waals surface area (Å²) in [5.74, 6) is 1.91. The smallest absolute Gasteiger partial charge is 0.175 e. The Hall–Kier alpha value is -2.28. The quantitative estimate of drug-likeness (QED) is 0.313. The van der Waals surface area contributed by atoms with Crippen LogP contribution in [-0.2, 0) is 20.9 Å². The van der Waals surface area contributed by atoms with Crippen molar-refractivity contribution >= 4 is 50.7 Å². The zero-order valence-corrected chi connectivity index (χ0v) is 26.5. The van der Waals surface area contributed by atoms with Crippen LogP contribution in [0, 0.1) is 10.8 Å². The van der Waals surface area contributed by atoms with E-state index >= 15 is 0 Å². The zero-order valence-electron chi connectivity index (χ0n) is 23.4. The number of carbonyl (C=O) groups is 2. The molecule has 0 spiro atoms. The van der Waals surface area contributed by atoms with E-state index in [4.69, 9.17) is 37.4 Å². The molecule has 2 aromatic rings. The standard InChI is InChI=1S/C32H33BrCl2O5/c1-6-38-24-10-18(9-20(33)30(24)39-16-17-7-8-19(34)11-21(17)35)27-28-22(36)12-31(2,3)14-25(28)40-26-15-32(4,5)13-23(37)29(26)27/h7-11,27H,6,12-16H2,1-5H3. The van der Waals surface area contributed by atoms with Gasteiger partial charge >= 0.3 is 0 Å². The maximum Gasteiger partial charge on any atom is 0.175 e. The Morgan fingerprint density at radius 2 is 1.50 bits per heavy atom. The first-order valence-corrected chi connectivity index (χ1v) is 15.1. The monoisotopic (exact) mass is 646 g/mol. The maximum absolute atomic E-state index is 13.7. The summed E-state index contributed by atoms with van der Waals surface area (Å²) in [6.45, 7) is 10.8. The number of hydrogen-bond acceptors (Lipinski definition) is 5. The van der Waals surface area contributed by atoms with Crippen LogP contribution in [-0.4, -0.2) is 18.2 Å². The lowest BCUT2D eigenvalue weighted by molar-refractivity contribution is -0.120. The van der Waals surface area contributed by atoms with Crippen molar-refractivity contribution in [2.75, 3.05) is 6.61 Å². The highest BCUT2D eigenvalue weighted by Gasteiger charge is 2.48. The van der Waals surface area contributed by atoms with Crippen molar-refractivity contribution in [3.63, 3.8) is 0 Å². The van der Waals surface area contributed by atoms with Gasteiger partial charge in [-0.25, -0.2) is 0 Å². The minimum absolute atomic E-state index is 0.0206. The molecule has 5 nitrogen and oxygen atoms in total. The summed E-state index contributed by atoms with van der Waals surface area (Å²) in [7, 11) is 0. The van der Waals surface area contributed by atoms with Crippen LogP contribution in [0.2, 0.25) is 10.0 Å². The summed E-state index contributed by atoms with van der Waals surface area (Å²) < 4.78 is 19.3. The van der Waals surface area contributed by atoms with Gasteiger partial charge in [0, 0.05) is 58.4 Å². The van der Waals surface area contributed by atoms with Gasteiger partial charge in [-0.15, -0.1) is 0 Å². The third-order valence-electron chi connectivity index (χ3n) is 7.63. The van der Waals surface area contributed by atoms with Gasteiger partial charge < -0.3 is 14.2 Å². The Bertz CT molecular complexity index is 1420. The summed E-state index contributed by atoms with van der Waals surface area (Å²) in [6, 6.07) is 9.07. The molecule has 0 N–H and O–H groups in total. The molecule has 2 aliphatic carbocycles. The largest absolute Gasteiger partial charge is 0.490 e. The molecule has 0 aromatic heterocycles. The molecule has 8 heteroatoms. The fourth-order valence-electron chi connectivity index (χ4n) is 5.95. The molecule has 5 rings (SSSR count). The van der Waals surface area contributed by atoms with Gasteiger partial charge in [0.1, 0.15) is 18.1 Å². The molecule has 2 aromatic carbocycles. The van der Waals surface area contributed by atoms with Crippen molar-refractivity contribution in [1.29, 1.82) is 0 Å². The predicted octanol–water partition coefficient (Wildman–Crippen LogP) is 9.13. The molecule has 1 heterocycles. The minimum atomic E-state index is -0.527. The first-order valence-electron chi connectivity index (χ1n) is 13.5. The van der Waals surface area contributed by atoms with Gasteiger partial charge in [0.25, 0.3) is 0 Å². The summed E-state index contributed by atoms with van der Waals surface area (Å²) in [5.41, 5.74) is 2.31. The second-order valence-electron chi connectivity index (χ2n) is 12.4. The number of ketones is 2.